The van der Waals surface area contributed by atoms with E-state index in [1.165, 1.54) is 0 Å². The van der Waals surface area contributed by atoms with Gasteiger partial charge in [-0.25, -0.2) is 4.98 Å². The van der Waals surface area contributed by atoms with E-state index in [0.29, 0.717) is 51.6 Å². The number of carbonyl (C=O) groups is 3. The Labute approximate surface area is 265 Å². The fourth-order valence-electron chi connectivity index (χ4n) is 6.65. The molecule has 5 heterocycles. The van der Waals surface area contributed by atoms with Crippen LogP contribution < -0.4 is 10.6 Å². The first kappa shape index (κ1) is 29.8. The first-order valence-corrected chi connectivity index (χ1v) is 15.4. The Morgan fingerprint density at radius 1 is 0.978 bits per heavy atom. The van der Waals surface area contributed by atoms with Gasteiger partial charge in [0.15, 0.2) is 0 Å². The van der Waals surface area contributed by atoms with Gasteiger partial charge >= 0.3 is 0 Å². The highest BCUT2D eigenvalue weighted by atomic mass is 16.5. The first-order valence-electron chi connectivity index (χ1n) is 15.4. The van der Waals surface area contributed by atoms with E-state index in [-0.39, 0.29) is 23.9 Å². The summed E-state index contributed by atoms with van der Waals surface area (Å²) in [5, 5.41) is 14.0. The molecule has 0 fully saturated rings. The number of amides is 3. The molecule has 12 heteroatoms. The third-order valence-electron chi connectivity index (χ3n) is 9.08. The minimum atomic E-state index is -0.854. The number of rotatable bonds is 2. The number of aromatic amines is 1. The van der Waals surface area contributed by atoms with Gasteiger partial charge in [0, 0.05) is 43.4 Å². The predicted octanol–water partition coefficient (Wildman–Crippen LogP) is 2.51. The number of carbonyl (C=O) groups excluding carboxylic acids is 3. The van der Waals surface area contributed by atoms with Crippen molar-refractivity contribution in [2.75, 3.05) is 45.3 Å². The van der Waals surface area contributed by atoms with Crippen LogP contribution >= 0.6 is 0 Å². The zero-order chi connectivity index (χ0) is 31.8. The summed E-state index contributed by atoms with van der Waals surface area (Å²) in [6.07, 6.45) is 10.1. The van der Waals surface area contributed by atoms with E-state index in [1.54, 1.807) is 36.6 Å². The molecular formula is C34H35N7O5. The lowest BCUT2D eigenvalue weighted by molar-refractivity contribution is -0.132. The van der Waals surface area contributed by atoms with Gasteiger partial charge in [-0.05, 0) is 65.8 Å². The third kappa shape index (κ3) is 5.54. The number of likely N-dealkylation sites (N-methyl/N-ethyl adjacent to an activating group) is 1. The number of nitrogens with one attached hydrogen (secondary N) is 3. The van der Waals surface area contributed by atoms with Crippen LogP contribution in [0.3, 0.4) is 0 Å². The van der Waals surface area contributed by atoms with Crippen LogP contribution in [0.5, 0.6) is 0 Å². The Hall–Kier alpha value is -4.94. The number of anilines is 1. The molecule has 2 atom stereocenters. The van der Waals surface area contributed by atoms with E-state index in [2.05, 4.69) is 30.8 Å². The number of benzene rings is 1. The Balaban J connectivity index is 1.20. The highest BCUT2D eigenvalue weighted by Gasteiger charge is 2.51. The molecule has 0 radical (unpaired) electrons. The lowest BCUT2D eigenvalue weighted by atomic mass is 9.79. The Morgan fingerprint density at radius 2 is 1.83 bits per heavy atom. The minimum absolute atomic E-state index is 0.116. The van der Waals surface area contributed by atoms with Gasteiger partial charge in [-0.15, -0.1) is 0 Å². The summed E-state index contributed by atoms with van der Waals surface area (Å²) >= 11 is 0. The van der Waals surface area contributed by atoms with E-state index in [9.17, 15) is 14.4 Å². The van der Waals surface area contributed by atoms with Crippen molar-refractivity contribution in [1.82, 2.24) is 30.4 Å². The van der Waals surface area contributed by atoms with Crippen molar-refractivity contribution in [1.29, 1.82) is 0 Å². The molecule has 1 spiro atoms. The molecule has 12 nitrogen and oxygen atoms in total. The number of pyridine rings is 2. The summed E-state index contributed by atoms with van der Waals surface area (Å²) in [6, 6.07) is 6.86. The number of ether oxygens (including phenoxy) is 2. The highest BCUT2D eigenvalue weighted by Crippen LogP contribution is 2.47. The van der Waals surface area contributed by atoms with Crippen molar-refractivity contribution >= 4 is 40.5 Å². The van der Waals surface area contributed by atoms with Gasteiger partial charge in [-0.1, -0.05) is 18.2 Å². The molecule has 7 rings (SSSR count). The lowest BCUT2D eigenvalue weighted by Crippen LogP contribution is -2.49. The van der Waals surface area contributed by atoms with E-state index in [1.807, 2.05) is 37.3 Å². The van der Waals surface area contributed by atoms with Crippen LogP contribution in [0.4, 0.5) is 5.82 Å². The number of hydrogen-bond donors (Lipinski definition) is 3. The van der Waals surface area contributed by atoms with Crippen LogP contribution in [0.15, 0.2) is 48.9 Å². The summed E-state index contributed by atoms with van der Waals surface area (Å²) in [5.74, 6) is -0.265. The summed E-state index contributed by atoms with van der Waals surface area (Å²) in [5.41, 5.74) is 5.66. The van der Waals surface area contributed by atoms with Crippen molar-refractivity contribution in [3.05, 3.63) is 88.0 Å². The lowest BCUT2D eigenvalue weighted by Gasteiger charge is -2.25. The SMILES string of the molecule is Cc1cc(C[C@H]2NC(=O)c3cc4c(cn3)C[C@]3(C4)C(=O)Nc4ncc(cc43)/C=C\COCCOCCN(C)C2=O)cc2cn[nH]c12. The molecular weight excluding hydrogens is 586 g/mol. The zero-order valence-corrected chi connectivity index (χ0v) is 25.8. The van der Waals surface area contributed by atoms with Gasteiger partial charge in [-0.2, -0.15) is 5.10 Å². The molecule has 0 saturated carbocycles. The first-order chi connectivity index (χ1) is 22.3. The molecule has 2 aliphatic heterocycles. The van der Waals surface area contributed by atoms with Crippen LogP contribution in [-0.2, 0) is 43.7 Å². The van der Waals surface area contributed by atoms with Crippen molar-refractivity contribution in [2.45, 2.75) is 37.6 Å². The maximum atomic E-state index is 13.8. The molecule has 3 amide bonds. The number of aromatic nitrogens is 4. The van der Waals surface area contributed by atoms with Crippen LogP contribution in [0.25, 0.3) is 17.0 Å². The Morgan fingerprint density at radius 3 is 2.72 bits per heavy atom. The van der Waals surface area contributed by atoms with Gasteiger partial charge < -0.3 is 25.0 Å². The van der Waals surface area contributed by atoms with E-state index < -0.39 is 17.4 Å². The Bertz CT molecular complexity index is 1880. The molecule has 1 aromatic carbocycles. The third-order valence-corrected chi connectivity index (χ3v) is 9.08. The number of H-pyrrole nitrogens is 1. The predicted molar refractivity (Wildman–Crippen MR) is 170 cm³/mol. The fraction of sp³-hybridized carbons (Fsp3) is 0.353. The smallest absolute Gasteiger partial charge is 0.270 e. The molecule has 0 unspecified atom stereocenters. The van der Waals surface area contributed by atoms with Gasteiger partial charge in [0.05, 0.1) is 43.6 Å². The maximum absolute atomic E-state index is 13.8. The summed E-state index contributed by atoms with van der Waals surface area (Å²) in [7, 11) is 1.70. The second-order valence-corrected chi connectivity index (χ2v) is 12.2. The van der Waals surface area contributed by atoms with E-state index in [4.69, 9.17) is 9.47 Å². The fourth-order valence-corrected chi connectivity index (χ4v) is 6.65. The summed E-state index contributed by atoms with van der Waals surface area (Å²) < 4.78 is 11.4. The molecule has 46 heavy (non-hydrogen) atoms. The molecule has 5 bridgehead atoms. The largest absolute Gasteiger partial charge is 0.377 e. The number of hydrogen-bond acceptors (Lipinski definition) is 8. The molecule has 1 aliphatic carbocycles. The van der Waals surface area contributed by atoms with E-state index in [0.717, 1.165) is 44.3 Å². The monoisotopic (exact) mass is 621 g/mol. The molecule has 0 saturated heterocycles. The van der Waals surface area contributed by atoms with Gasteiger partial charge in [0.1, 0.15) is 17.6 Å². The average Bonchev–Trinajstić information content (AvgIpc) is 3.75. The van der Waals surface area contributed by atoms with E-state index >= 15 is 0 Å². The molecule has 3 aliphatic rings. The second kappa shape index (κ2) is 12.1. The van der Waals surface area contributed by atoms with Gasteiger partial charge in [0.25, 0.3) is 5.91 Å². The van der Waals surface area contributed by atoms with Crippen molar-refractivity contribution in [3.63, 3.8) is 0 Å². The van der Waals surface area contributed by atoms with Crippen molar-refractivity contribution < 1.29 is 23.9 Å². The standard InChI is InChI=1S/C34H35N7O5/c1-20-10-22(11-24-19-37-40-29(20)24)13-28-32(43)41(2)5-7-46-9-8-45-6-3-4-21-12-26-30(36-17-21)39-33(44)34(26)15-23-14-27(31(42)38-28)35-18-25(23)16-34/h3-4,10-12,14,17-19,28H,5-9,13,15-16H2,1-2H3,(H,37,40)(H,38,42)(H,36,39,44)/b4-3-/t28-,34+/m1/s1. The number of fused-ring (bicyclic) bond motifs is 3. The minimum Gasteiger partial charge on any atom is -0.377 e. The quantitative estimate of drug-likeness (QED) is 0.309. The van der Waals surface area contributed by atoms with Gasteiger partial charge in [0.2, 0.25) is 11.8 Å². The molecule has 4 aromatic rings. The highest BCUT2D eigenvalue weighted by molar-refractivity contribution is 6.06. The molecule has 3 N–H and O–H groups in total. The van der Waals surface area contributed by atoms with Crippen molar-refractivity contribution in [3.8, 4) is 0 Å². The van der Waals surface area contributed by atoms with Crippen LogP contribution in [0.1, 0.15) is 43.9 Å². The van der Waals surface area contributed by atoms with Crippen molar-refractivity contribution in [2.24, 2.45) is 0 Å². The Kier molecular flexibility index (Phi) is 7.83. The van der Waals surface area contributed by atoms with Crippen LogP contribution in [0, 0.1) is 6.92 Å². The topological polar surface area (TPSA) is 151 Å². The zero-order valence-electron chi connectivity index (χ0n) is 25.8. The number of aryl methyl sites for hydroxylation is 1. The molecule has 236 valence electrons. The molecule has 3 aromatic heterocycles. The van der Waals surface area contributed by atoms with Crippen LogP contribution in [0.2, 0.25) is 0 Å². The summed E-state index contributed by atoms with van der Waals surface area (Å²) in [6.45, 7) is 3.81. The van der Waals surface area contributed by atoms with Gasteiger partial charge in [-0.3, -0.25) is 24.5 Å². The normalized spacial score (nSPS) is 22.8. The average molecular weight is 622 g/mol. The maximum Gasteiger partial charge on any atom is 0.270 e. The number of nitrogens with zero attached hydrogens (tertiary/aromatic N) is 4. The second-order valence-electron chi connectivity index (χ2n) is 12.2. The summed E-state index contributed by atoms with van der Waals surface area (Å²) in [4.78, 5) is 51.5. The van der Waals surface area contributed by atoms with Crippen LogP contribution in [-0.4, -0.2) is 88.8 Å².